The lowest BCUT2D eigenvalue weighted by molar-refractivity contribution is -0.133. The summed E-state index contributed by atoms with van der Waals surface area (Å²) in [7, 11) is 1.84. The molecular formula is C21H26N6O2. The van der Waals surface area contributed by atoms with E-state index in [4.69, 9.17) is 4.42 Å². The molecule has 3 aromatic rings. The molecule has 1 saturated heterocycles. The number of amides is 1. The van der Waals surface area contributed by atoms with Crippen LogP contribution < -0.4 is 0 Å². The van der Waals surface area contributed by atoms with Gasteiger partial charge >= 0.3 is 0 Å². The van der Waals surface area contributed by atoms with Gasteiger partial charge in [-0.3, -0.25) is 14.4 Å². The Labute approximate surface area is 170 Å². The third kappa shape index (κ3) is 4.71. The summed E-state index contributed by atoms with van der Waals surface area (Å²) in [5.41, 5.74) is 2.98. The van der Waals surface area contributed by atoms with Crippen molar-refractivity contribution in [2.24, 2.45) is 7.05 Å². The van der Waals surface area contributed by atoms with Crippen LogP contribution in [0.1, 0.15) is 23.6 Å². The number of nitrogens with zero attached hydrogens (tertiary/aromatic N) is 6. The highest BCUT2D eigenvalue weighted by Crippen LogP contribution is 2.19. The Bertz CT molecular complexity index is 957. The molecule has 1 aliphatic heterocycles. The first kappa shape index (κ1) is 19.3. The third-order valence-corrected chi connectivity index (χ3v) is 5.21. The van der Waals surface area contributed by atoms with Crippen LogP contribution in [-0.2, 0) is 24.8 Å². The van der Waals surface area contributed by atoms with Crippen LogP contribution in [0.15, 0.2) is 40.8 Å². The van der Waals surface area contributed by atoms with Gasteiger partial charge in [-0.25, -0.2) is 0 Å². The number of aromatic nitrogens is 4. The molecule has 8 nitrogen and oxygen atoms in total. The van der Waals surface area contributed by atoms with Crippen LogP contribution in [0.2, 0.25) is 0 Å². The van der Waals surface area contributed by atoms with Crippen molar-refractivity contribution in [1.82, 2.24) is 29.8 Å². The van der Waals surface area contributed by atoms with Crippen molar-refractivity contribution in [1.29, 1.82) is 0 Å². The van der Waals surface area contributed by atoms with Crippen molar-refractivity contribution in [2.75, 3.05) is 26.2 Å². The molecule has 29 heavy (non-hydrogen) atoms. The molecule has 0 radical (unpaired) electrons. The minimum Gasteiger partial charge on any atom is -0.419 e. The average molecular weight is 394 g/mol. The van der Waals surface area contributed by atoms with Crippen molar-refractivity contribution in [3.8, 4) is 11.6 Å². The van der Waals surface area contributed by atoms with Gasteiger partial charge in [0.05, 0.1) is 5.69 Å². The SMILES string of the molecule is Cc1cc(-c2nnc(CCC(=O)N3CCN(Cc4ccccc4)CC3)o2)n(C)n1. The molecule has 0 unspecified atom stereocenters. The van der Waals surface area contributed by atoms with E-state index in [1.807, 2.05) is 31.0 Å². The summed E-state index contributed by atoms with van der Waals surface area (Å²) in [5, 5.41) is 12.5. The smallest absolute Gasteiger partial charge is 0.265 e. The van der Waals surface area contributed by atoms with Gasteiger partial charge in [-0.05, 0) is 18.6 Å². The summed E-state index contributed by atoms with van der Waals surface area (Å²) >= 11 is 0. The summed E-state index contributed by atoms with van der Waals surface area (Å²) in [6, 6.07) is 12.3. The van der Waals surface area contributed by atoms with Crippen LogP contribution >= 0.6 is 0 Å². The molecule has 0 atom stereocenters. The first-order chi connectivity index (χ1) is 14.1. The Balaban J connectivity index is 1.25. The number of carbonyl (C=O) groups excluding carboxylic acids is 1. The van der Waals surface area contributed by atoms with E-state index in [9.17, 15) is 4.79 Å². The molecular weight excluding hydrogens is 368 g/mol. The lowest BCUT2D eigenvalue weighted by atomic mass is 10.2. The maximum Gasteiger partial charge on any atom is 0.265 e. The number of benzene rings is 1. The van der Waals surface area contributed by atoms with Crippen LogP contribution in [0.5, 0.6) is 0 Å². The van der Waals surface area contributed by atoms with Gasteiger partial charge in [-0.1, -0.05) is 30.3 Å². The number of hydrogen-bond donors (Lipinski definition) is 0. The number of hydrogen-bond acceptors (Lipinski definition) is 6. The van der Waals surface area contributed by atoms with Gasteiger partial charge in [-0.2, -0.15) is 5.10 Å². The maximum atomic E-state index is 12.6. The second kappa shape index (κ2) is 8.57. The molecule has 1 aliphatic rings. The van der Waals surface area contributed by atoms with E-state index in [2.05, 4.69) is 44.5 Å². The van der Waals surface area contributed by atoms with Gasteiger partial charge in [-0.15, -0.1) is 10.2 Å². The van der Waals surface area contributed by atoms with E-state index >= 15 is 0 Å². The molecule has 0 bridgehead atoms. The van der Waals surface area contributed by atoms with Crippen molar-refractivity contribution in [2.45, 2.75) is 26.3 Å². The minimum absolute atomic E-state index is 0.139. The highest BCUT2D eigenvalue weighted by atomic mass is 16.4. The topological polar surface area (TPSA) is 80.3 Å². The predicted octanol–water partition coefficient (Wildman–Crippen LogP) is 2.06. The van der Waals surface area contributed by atoms with Gasteiger partial charge in [0.2, 0.25) is 11.8 Å². The highest BCUT2D eigenvalue weighted by molar-refractivity contribution is 5.76. The molecule has 1 fully saturated rings. The fraction of sp³-hybridized carbons (Fsp3) is 0.429. The monoisotopic (exact) mass is 394 g/mol. The number of aryl methyl sites for hydroxylation is 3. The summed E-state index contributed by atoms with van der Waals surface area (Å²) < 4.78 is 7.44. The molecule has 0 saturated carbocycles. The number of piperazine rings is 1. The molecule has 0 aliphatic carbocycles. The van der Waals surface area contributed by atoms with E-state index in [-0.39, 0.29) is 5.91 Å². The van der Waals surface area contributed by atoms with Crippen LogP contribution in [0, 0.1) is 6.92 Å². The average Bonchev–Trinajstić information content (AvgIpc) is 3.33. The predicted molar refractivity (Wildman–Crippen MR) is 108 cm³/mol. The van der Waals surface area contributed by atoms with E-state index in [0.717, 1.165) is 44.1 Å². The van der Waals surface area contributed by atoms with Crippen LogP contribution in [-0.4, -0.2) is 61.9 Å². The summed E-state index contributed by atoms with van der Waals surface area (Å²) in [5.74, 6) is 1.06. The maximum absolute atomic E-state index is 12.6. The normalized spacial score (nSPS) is 15.0. The molecule has 1 amide bonds. The van der Waals surface area contributed by atoms with Gasteiger partial charge in [0, 0.05) is 52.6 Å². The Morgan fingerprint density at radius 3 is 2.55 bits per heavy atom. The van der Waals surface area contributed by atoms with Gasteiger partial charge in [0.15, 0.2) is 0 Å². The Hall–Kier alpha value is -3.00. The van der Waals surface area contributed by atoms with Crippen molar-refractivity contribution >= 4 is 5.91 Å². The van der Waals surface area contributed by atoms with E-state index < -0.39 is 0 Å². The van der Waals surface area contributed by atoms with Crippen molar-refractivity contribution in [3.63, 3.8) is 0 Å². The molecule has 1 aromatic carbocycles. The zero-order valence-electron chi connectivity index (χ0n) is 16.9. The van der Waals surface area contributed by atoms with E-state index in [1.165, 1.54) is 5.56 Å². The zero-order chi connectivity index (χ0) is 20.2. The molecule has 152 valence electrons. The van der Waals surface area contributed by atoms with Crippen LogP contribution in [0.25, 0.3) is 11.6 Å². The molecule has 3 heterocycles. The Morgan fingerprint density at radius 2 is 1.86 bits per heavy atom. The summed E-state index contributed by atoms with van der Waals surface area (Å²) in [6.45, 7) is 6.15. The lowest BCUT2D eigenvalue weighted by Gasteiger charge is -2.34. The van der Waals surface area contributed by atoms with Crippen LogP contribution in [0.4, 0.5) is 0 Å². The second-order valence-electron chi connectivity index (χ2n) is 7.44. The summed E-state index contributed by atoms with van der Waals surface area (Å²) in [6.07, 6.45) is 0.831. The highest BCUT2D eigenvalue weighted by Gasteiger charge is 2.22. The van der Waals surface area contributed by atoms with E-state index in [0.29, 0.717) is 24.6 Å². The van der Waals surface area contributed by atoms with Gasteiger partial charge in [0.1, 0.15) is 5.69 Å². The molecule has 0 N–H and O–H groups in total. The fourth-order valence-corrected chi connectivity index (χ4v) is 3.64. The summed E-state index contributed by atoms with van der Waals surface area (Å²) in [4.78, 5) is 16.9. The van der Waals surface area contributed by atoms with Gasteiger partial charge < -0.3 is 9.32 Å². The Kier molecular flexibility index (Phi) is 5.71. The Morgan fingerprint density at radius 1 is 1.10 bits per heavy atom. The molecule has 2 aromatic heterocycles. The molecule has 8 heteroatoms. The standard InChI is InChI=1S/C21H26N6O2/c1-16-14-18(25(2)24-16)21-23-22-19(29-21)8-9-20(28)27-12-10-26(11-13-27)15-17-6-4-3-5-7-17/h3-7,14H,8-13,15H2,1-2H3. The lowest BCUT2D eigenvalue weighted by Crippen LogP contribution is -2.48. The minimum atomic E-state index is 0.139. The molecule has 0 spiro atoms. The fourth-order valence-electron chi connectivity index (χ4n) is 3.64. The van der Waals surface area contributed by atoms with Gasteiger partial charge in [0.25, 0.3) is 5.89 Å². The van der Waals surface area contributed by atoms with Crippen LogP contribution in [0.3, 0.4) is 0 Å². The van der Waals surface area contributed by atoms with Crippen molar-refractivity contribution < 1.29 is 9.21 Å². The first-order valence-corrected chi connectivity index (χ1v) is 9.96. The van der Waals surface area contributed by atoms with Crippen molar-refractivity contribution in [3.05, 3.63) is 53.5 Å². The zero-order valence-corrected chi connectivity index (χ0v) is 16.9. The number of rotatable bonds is 6. The largest absolute Gasteiger partial charge is 0.419 e. The quantitative estimate of drug-likeness (QED) is 0.637. The number of carbonyl (C=O) groups is 1. The second-order valence-corrected chi connectivity index (χ2v) is 7.44. The first-order valence-electron chi connectivity index (χ1n) is 9.96. The molecule has 4 rings (SSSR count). The third-order valence-electron chi connectivity index (χ3n) is 5.21. The van der Waals surface area contributed by atoms with E-state index in [1.54, 1.807) is 4.68 Å².